The summed E-state index contributed by atoms with van der Waals surface area (Å²) in [5.74, 6) is 0.746. The second-order valence-corrected chi connectivity index (χ2v) is 5.77. The Morgan fingerprint density at radius 1 is 1.12 bits per heavy atom. The molecule has 1 unspecified atom stereocenters. The largest absolute Gasteiger partial charge is 0.497 e. The topological polar surface area (TPSA) is 73.6 Å². The van der Waals surface area contributed by atoms with Crippen molar-refractivity contribution in [1.82, 2.24) is 0 Å². The van der Waals surface area contributed by atoms with E-state index in [0.717, 1.165) is 22.6 Å². The quantitative estimate of drug-likeness (QED) is 0.751. The van der Waals surface area contributed by atoms with Gasteiger partial charge in [-0.25, -0.2) is 0 Å². The highest BCUT2D eigenvalue weighted by Crippen LogP contribution is 2.15. The fourth-order valence-corrected chi connectivity index (χ4v) is 2.25. The number of rotatable bonds is 8. The summed E-state index contributed by atoms with van der Waals surface area (Å²) in [7, 11) is 1.64. The number of benzene rings is 2. The minimum Gasteiger partial charge on any atom is -0.497 e. The SMILES string of the molecule is COc1ccc(COCc2cccc(NC(=O)CC(C)N)c2)cc1.Cl. The van der Waals surface area contributed by atoms with E-state index in [1.807, 2.05) is 55.5 Å². The van der Waals surface area contributed by atoms with Crippen molar-refractivity contribution in [3.63, 3.8) is 0 Å². The molecule has 0 aliphatic rings. The van der Waals surface area contributed by atoms with Crippen LogP contribution < -0.4 is 15.8 Å². The standard InChI is InChI=1S/C19H24N2O3.ClH/c1-14(20)10-19(22)21-17-5-3-4-16(11-17)13-24-12-15-6-8-18(23-2)9-7-15;/h3-9,11,14H,10,12-13,20H2,1-2H3,(H,21,22);1H. The average Bonchev–Trinajstić information content (AvgIpc) is 2.55. The van der Waals surface area contributed by atoms with E-state index in [0.29, 0.717) is 19.6 Å². The molecular weight excluding hydrogens is 340 g/mol. The molecule has 0 saturated carbocycles. The van der Waals surface area contributed by atoms with E-state index in [1.54, 1.807) is 7.11 Å². The van der Waals surface area contributed by atoms with Gasteiger partial charge in [0.05, 0.1) is 20.3 Å². The zero-order valence-electron chi connectivity index (χ0n) is 14.5. The van der Waals surface area contributed by atoms with Gasteiger partial charge in [-0.2, -0.15) is 0 Å². The lowest BCUT2D eigenvalue weighted by atomic mass is 10.2. The monoisotopic (exact) mass is 364 g/mol. The number of hydrogen-bond donors (Lipinski definition) is 2. The summed E-state index contributed by atoms with van der Waals surface area (Å²) >= 11 is 0. The number of ether oxygens (including phenoxy) is 2. The molecule has 3 N–H and O–H groups in total. The van der Waals surface area contributed by atoms with Gasteiger partial charge in [-0.3, -0.25) is 4.79 Å². The first-order valence-electron chi connectivity index (χ1n) is 7.92. The highest BCUT2D eigenvalue weighted by molar-refractivity contribution is 5.91. The number of anilines is 1. The Morgan fingerprint density at radius 3 is 2.44 bits per heavy atom. The minimum absolute atomic E-state index is 0. The van der Waals surface area contributed by atoms with Crippen LogP contribution in [0.25, 0.3) is 0 Å². The maximum absolute atomic E-state index is 11.8. The van der Waals surface area contributed by atoms with Crippen LogP contribution in [0.1, 0.15) is 24.5 Å². The van der Waals surface area contributed by atoms with Crippen LogP contribution in [-0.4, -0.2) is 19.1 Å². The molecule has 1 atom stereocenters. The molecule has 0 aromatic heterocycles. The lowest BCUT2D eigenvalue weighted by molar-refractivity contribution is -0.116. The molecule has 0 bridgehead atoms. The van der Waals surface area contributed by atoms with Gasteiger partial charge in [0.1, 0.15) is 5.75 Å². The van der Waals surface area contributed by atoms with Crippen LogP contribution in [0, 0.1) is 0 Å². The third kappa shape index (κ3) is 7.56. The average molecular weight is 365 g/mol. The molecule has 0 heterocycles. The molecule has 0 spiro atoms. The lowest BCUT2D eigenvalue weighted by Gasteiger charge is -2.10. The van der Waals surface area contributed by atoms with Gasteiger partial charge < -0.3 is 20.5 Å². The lowest BCUT2D eigenvalue weighted by Crippen LogP contribution is -2.23. The number of nitrogens with one attached hydrogen (secondary N) is 1. The summed E-state index contributed by atoms with van der Waals surface area (Å²) in [4.78, 5) is 11.8. The van der Waals surface area contributed by atoms with Crippen LogP contribution in [0.5, 0.6) is 5.75 Å². The van der Waals surface area contributed by atoms with E-state index in [4.69, 9.17) is 15.2 Å². The minimum atomic E-state index is -0.152. The molecule has 0 aliphatic carbocycles. The van der Waals surface area contributed by atoms with Crippen LogP contribution in [0.4, 0.5) is 5.69 Å². The van der Waals surface area contributed by atoms with Crippen molar-refractivity contribution < 1.29 is 14.3 Å². The van der Waals surface area contributed by atoms with E-state index in [2.05, 4.69) is 5.32 Å². The maximum Gasteiger partial charge on any atom is 0.225 e. The van der Waals surface area contributed by atoms with Gasteiger partial charge in [-0.05, 0) is 42.3 Å². The predicted molar refractivity (Wildman–Crippen MR) is 102 cm³/mol. The van der Waals surface area contributed by atoms with Crippen LogP contribution in [0.15, 0.2) is 48.5 Å². The molecule has 25 heavy (non-hydrogen) atoms. The van der Waals surface area contributed by atoms with Crippen molar-refractivity contribution in [1.29, 1.82) is 0 Å². The van der Waals surface area contributed by atoms with Gasteiger partial charge in [-0.15, -0.1) is 12.4 Å². The number of methoxy groups -OCH3 is 1. The summed E-state index contributed by atoms with van der Waals surface area (Å²) in [6.45, 7) is 2.80. The van der Waals surface area contributed by atoms with E-state index >= 15 is 0 Å². The van der Waals surface area contributed by atoms with Gasteiger partial charge >= 0.3 is 0 Å². The number of amides is 1. The Labute approximate surface area is 154 Å². The number of carbonyl (C=O) groups excluding carboxylic acids is 1. The van der Waals surface area contributed by atoms with Crippen LogP contribution in [0.3, 0.4) is 0 Å². The molecule has 0 radical (unpaired) electrons. The van der Waals surface area contributed by atoms with Gasteiger partial charge in [0, 0.05) is 18.2 Å². The van der Waals surface area contributed by atoms with Crippen molar-refractivity contribution in [2.24, 2.45) is 5.73 Å². The Morgan fingerprint density at radius 2 is 1.80 bits per heavy atom. The number of nitrogens with two attached hydrogens (primary N) is 1. The normalized spacial score (nSPS) is 11.3. The van der Waals surface area contributed by atoms with Gasteiger partial charge in [0.2, 0.25) is 5.91 Å². The third-order valence-electron chi connectivity index (χ3n) is 3.41. The molecule has 5 nitrogen and oxygen atoms in total. The van der Waals surface area contributed by atoms with Crippen molar-refractivity contribution in [3.8, 4) is 5.75 Å². The number of carbonyl (C=O) groups is 1. The van der Waals surface area contributed by atoms with E-state index in [-0.39, 0.29) is 24.4 Å². The first-order chi connectivity index (χ1) is 11.6. The molecule has 2 aromatic rings. The highest BCUT2D eigenvalue weighted by atomic mass is 35.5. The van der Waals surface area contributed by atoms with E-state index in [1.165, 1.54) is 0 Å². The van der Waals surface area contributed by atoms with Crippen LogP contribution in [0.2, 0.25) is 0 Å². The summed E-state index contributed by atoms with van der Waals surface area (Å²) in [6.07, 6.45) is 0.304. The summed E-state index contributed by atoms with van der Waals surface area (Å²) in [5, 5.41) is 2.85. The fraction of sp³-hybridized carbons (Fsp3) is 0.316. The van der Waals surface area contributed by atoms with Gasteiger partial charge in [0.15, 0.2) is 0 Å². The first-order valence-corrected chi connectivity index (χ1v) is 7.92. The molecule has 2 rings (SSSR count). The molecule has 136 valence electrons. The van der Waals surface area contributed by atoms with Crippen molar-refractivity contribution >= 4 is 24.0 Å². The second-order valence-electron chi connectivity index (χ2n) is 5.77. The second kappa shape index (κ2) is 10.7. The zero-order chi connectivity index (χ0) is 17.4. The third-order valence-corrected chi connectivity index (χ3v) is 3.41. The van der Waals surface area contributed by atoms with Crippen molar-refractivity contribution in [3.05, 3.63) is 59.7 Å². The Bertz CT molecular complexity index is 660. The summed E-state index contributed by atoms with van der Waals surface area (Å²) in [6, 6.07) is 15.2. The van der Waals surface area contributed by atoms with E-state index < -0.39 is 0 Å². The highest BCUT2D eigenvalue weighted by Gasteiger charge is 2.06. The predicted octanol–water partition coefficient (Wildman–Crippen LogP) is 3.51. The summed E-state index contributed by atoms with van der Waals surface area (Å²) in [5.41, 5.74) is 8.47. The summed E-state index contributed by atoms with van der Waals surface area (Å²) < 4.78 is 10.9. The molecule has 0 aliphatic heterocycles. The van der Waals surface area contributed by atoms with Gasteiger partial charge in [0.25, 0.3) is 0 Å². The van der Waals surface area contributed by atoms with Crippen molar-refractivity contribution in [2.75, 3.05) is 12.4 Å². The molecule has 6 heteroatoms. The zero-order valence-corrected chi connectivity index (χ0v) is 15.3. The van der Waals surface area contributed by atoms with Gasteiger partial charge in [-0.1, -0.05) is 24.3 Å². The Balaban J connectivity index is 0.00000312. The molecule has 1 amide bonds. The number of hydrogen-bond acceptors (Lipinski definition) is 4. The van der Waals surface area contributed by atoms with Crippen LogP contribution in [-0.2, 0) is 22.7 Å². The molecule has 2 aromatic carbocycles. The molecule has 0 saturated heterocycles. The first kappa shape index (κ1) is 21.0. The fourth-order valence-electron chi connectivity index (χ4n) is 2.25. The van der Waals surface area contributed by atoms with E-state index in [9.17, 15) is 4.79 Å². The Kier molecular flexibility index (Phi) is 8.99. The number of halogens is 1. The van der Waals surface area contributed by atoms with Crippen molar-refractivity contribution in [2.45, 2.75) is 32.6 Å². The molecular formula is C19H25ClN2O3. The molecule has 0 fully saturated rings. The smallest absolute Gasteiger partial charge is 0.225 e. The maximum atomic E-state index is 11.8. The Hall–Kier alpha value is -2.08. The van der Waals surface area contributed by atoms with Crippen LogP contribution >= 0.6 is 12.4 Å².